The van der Waals surface area contributed by atoms with Crippen LogP contribution in [-0.4, -0.2) is 44.4 Å². The molecule has 0 amide bonds. The number of piperidine rings is 1. The SMILES string of the molecule is CS(=O)(=O)NC1CCCNC1Cc1cccc(-c2ccccc2CCCCC(=O)O)c1. The fourth-order valence-corrected chi connectivity index (χ4v) is 5.15. The van der Waals surface area contributed by atoms with Gasteiger partial charge in [-0.2, -0.15) is 0 Å². The molecule has 0 spiro atoms. The minimum Gasteiger partial charge on any atom is -0.481 e. The van der Waals surface area contributed by atoms with E-state index in [1.165, 1.54) is 17.4 Å². The van der Waals surface area contributed by atoms with Gasteiger partial charge in [0.15, 0.2) is 0 Å². The molecule has 3 rings (SSSR count). The molecule has 0 radical (unpaired) electrons. The molecule has 1 heterocycles. The molecule has 0 aromatic heterocycles. The van der Waals surface area contributed by atoms with E-state index in [1.54, 1.807) is 0 Å². The monoisotopic (exact) mass is 444 g/mol. The Balaban J connectivity index is 1.74. The van der Waals surface area contributed by atoms with Gasteiger partial charge in [0, 0.05) is 18.5 Å². The Kier molecular flexibility index (Phi) is 8.23. The summed E-state index contributed by atoms with van der Waals surface area (Å²) < 4.78 is 26.3. The third-order valence-corrected chi connectivity index (χ3v) is 6.48. The highest BCUT2D eigenvalue weighted by atomic mass is 32.2. The summed E-state index contributed by atoms with van der Waals surface area (Å²) in [6.07, 6.45) is 6.32. The number of hydrogen-bond donors (Lipinski definition) is 3. The van der Waals surface area contributed by atoms with Gasteiger partial charge < -0.3 is 10.4 Å². The number of carbonyl (C=O) groups is 1. The number of aliphatic carboxylic acids is 1. The summed E-state index contributed by atoms with van der Waals surface area (Å²) in [5, 5.41) is 12.3. The zero-order valence-corrected chi connectivity index (χ0v) is 18.8. The molecule has 0 bridgehead atoms. The van der Waals surface area contributed by atoms with Crippen molar-refractivity contribution in [3.8, 4) is 11.1 Å². The Labute approximate surface area is 185 Å². The van der Waals surface area contributed by atoms with Gasteiger partial charge in [0.1, 0.15) is 0 Å². The van der Waals surface area contributed by atoms with Crippen LogP contribution >= 0.6 is 0 Å². The maximum Gasteiger partial charge on any atom is 0.303 e. The third kappa shape index (κ3) is 7.45. The van der Waals surface area contributed by atoms with Gasteiger partial charge in [-0.15, -0.1) is 0 Å². The first-order chi connectivity index (χ1) is 14.8. The van der Waals surface area contributed by atoms with Gasteiger partial charge in [-0.3, -0.25) is 4.79 Å². The van der Waals surface area contributed by atoms with Gasteiger partial charge in [0.25, 0.3) is 0 Å². The van der Waals surface area contributed by atoms with Crippen LogP contribution in [-0.2, 0) is 27.7 Å². The smallest absolute Gasteiger partial charge is 0.303 e. The lowest BCUT2D eigenvalue weighted by molar-refractivity contribution is -0.137. The summed E-state index contributed by atoms with van der Waals surface area (Å²) in [6.45, 7) is 0.894. The fourth-order valence-electron chi connectivity index (χ4n) is 4.31. The summed E-state index contributed by atoms with van der Waals surface area (Å²) in [7, 11) is -3.25. The van der Waals surface area contributed by atoms with Crippen molar-refractivity contribution in [3.63, 3.8) is 0 Å². The summed E-state index contributed by atoms with van der Waals surface area (Å²) in [6, 6.07) is 16.6. The molecule has 2 aromatic carbocycles. The molecule has 1 saturated heterocycles. The van der Waals surface area contributed by atoms with Crippen LogP contribution in [0.4, 0.5) is 0 Å². The maximum atomic E-state index is 11.7. The highest BCUT2D eigenvalue weighted by Crippen LogP contribution is 2.27. The number of rotatable bonds is 10. The number of benzene rings is 2. The molecular formula is C24H32N2O4S. The van der Waals surface area contributed by atoms with Gasteiger partial charge in [0.2, 0.25) is 10.0 Å². The van der Waals surface area contributed by atoms with Crippen molar-refractivity contribution in [2.24, 2.45) is 0 Å². The lowest BCUT2D eigenvalue weighted by Crippen LogP contribution is -2.54. The second kappa shape index (κ2) is 10.9. The van der Waals surface area contributed by atoms with Gasteiger partial charge in [-0.05, 0) is 67.3 Å². The maximum absolute atomic E-state index is 11.7. The number of carboxylic acid groups (broad SMARTS) is 1. The first-order valence-corrected chi connectivity index (χ1v) is 12.8. The van der Waals surface area contributed by atoms with E-state index in [0.717, 1.165) is 49.8 Å². The Morgan fingerprint density at radius 3 is 2.74 bits per heavy atom. The van der Waals surface area contributed by atoms with E-state index in [9.17, 15) is 13.2 Å². The van der Waals surface area contributed by atoms with Crippen LogP contribution in [0.3, 0.4) is 0 Å². The molecule has 7 heteroatoms. The zero-order chi connectivity index (χ0) is 22.3. The molecular weight excluding hydrogens is 412 g/mol. The summed E-state index contributed by atoms with van der Waals surface area (Å²) in [5.41, 5.74) is 4.69. The summed E-state index contributed by atoms with van der Waals surface area (Å²) in [4.78, 5) is 10.8. The molecule has 31 heavy (non-hydrogen) atoms. The normalized spacial score (nSPS) is 19.3. The van der Waals surface area contributed by atoms with Crippen LogP contribution in [0.5, 0.6) is 0 Å². The Hall–Kier alpha value is -2.22. The molecule has 1 aliphatic rings. The van der Waals surface area contributed by atoms with Crippen molar-refractivity contribution in [1.29, 1.82) is 0 Å². The summed E-state index contributed by atoms with van der Waals surface area (Å²) in [5.74, 6) is -0.749. The van der Waals surface area contributed by atoms with E-state index in [1.807, 2.05) is 18.2 Å². The molecule has 1 fully saturated rings. The molecule has 0 aliphatic carbocycles. The Bertz CT molecular complexity index is 991. The highest BCUT2D eigenvalue weighted by molar-refractivity contribution is 7.88. The second-order valence-electron chi connectivity index (χ2n) is 8.36. The number of sulfonamides is 1. The van der Waals surface area contributed by atoms with Gasteiger partial charge in [-0.25, -0.2) is 13.1 Å². The molecule has 2 atom stereocenters. The number of hydrogen-bond acceptors (Lipinski definition) is 4. The average molecular weight is 445 g/mol. The van der Waals surface area contributed by atoms with Crippen molar-refractivity contribution in [1.82, 2.24) is 10.0 Å². The van der Waals surface area contributed by atoms with Crippen LogP contribution in [0.2, 0.25) is 0 Å². The van der Waals surface area contributed by atoms with Crippen LogP contribution in [0.15, 0.2) is 48.5 Å². The van der Waals surface area contributed by atoms with E-state index >= 15 is 0 Å². The number of unbranched alkanes of at least 4 members (excludes halogenated alkanes) is 1. The van der Waals surface area contributed by atoms with Crippen LogP contribution < -0.4 is 10.0 Å². The highest BCUT2D eigenvalue weighted by Gasteiger charge is 2.27. The minimum absolute atomic E-state index is 0.0602. The number of aryl methyl sites for hydroxylation is 1. The van der Waals surface area contributed by atoms with E-state index in [-0.39, 0.29) is 18.5 Å². The fraction of sp³-hybridized carbons (Fsp3) is 0.458. The van der Waals surface area contributed by atoms with Gasteiger partial charge in [-0.1, -0.05) is 48.5 Å². The van der Waals surface area contributed by atoms with Crippen molar-refractivity contribution >= 4 is 16.0 Å². The largest absolute Gasteiger partial charge is 0.481 e. The van der Waals surface area contributed by atoms with E-state index in [4.69, 9.17) is 5.11 Å². The quantitative estimate of drug-likeness (QED) is 0.489. The number of carboxylic acids is 1. The molecule has 6 nitrogen and oxygen atoms in total. The van der Waals surface area contributed by atoms with Crippen LogP contribution in [0, 0.1) is 0 Å². The third-order valence-electron chi connectivity index (χ3n) is 5.75. The zero-order valence-electron chi connectivity index (χ0n) is 18.0. The molecule has 0 saturated carbocycles. The minimum atomic E-state index is -3.25. The van der Waals surface area contributed by atoms with E-state index in [0.29, 0.717) is 6.42 Å². The molecule has 168 valence electrons. The Morgan fingerprint density at radius 1 is 1.16 bits per heavy atom. The number of nitrogens with one attached hydrogen (secondary N) is 2. The molecule has 2 unspecified atom stereocenters. The van der Waals surface area contributed by atoms with Crippen LogP contribution in [0.25, 0.3) is 11.1 Å². The molecule has 1 aliphatic heterocycles. The average Bonchev–Trinajstić information content (AvgIpc) is 2.72. The first kappa shape index (κ1) is 23.4. The predicted molar refractivity (Wildman–Crippen MR) is 124 cm³/mol. The van der Waals surface area contributed by atoms with Crippen molar-refractivity contribution < 1.29 is 18.3 Å². The standard InChI is InChI=1S/C24H32N2O4S/c1-31(29,30)26-22-13-7-15-25-23(22)17-18-8-6-11-20(16-18)21-12-4-2-9-19(21)10-3-5-14-24(27)28/h2,4,6,8-9,11-12,16,22-23,25-26H,3,5,7,10,13-15,17H2,1H3,(H,27,28). The van der Waals surface area contributed by atoms with Crippen molar-refractivity contribution in [2.45, 2.75) is 57.0 Å². The lowest BCUT2D eigenvalue weighted by Gasteiger charge is -2.33. The molecule has 3 N–H and O–H groups in total. The lowest BCUT2D eigenvalue weighted by atomic mass is 9.91. The summed E-state index contributed by atoms with van der Waals surface area (Å²) >= 11 is 0. The van der Waals surface area contributed by atoms with Crippen molar-refractivity contribution in [3.05, 3.63) is 59.7 Å². The van der Waals surface area contributed by atoms with E-state index in [2.05, 4.69) is 40.4 Å². The topological polar surface area (TPSA) is 95.5 Å². The second-order valence-corrected chi connectivity index (χ2v) is 10.1. The van der Waals surface area contributed by atoms with Crippen LogP contribution in [0.1, 0.15) is 43.2 Å². The predicted octanol–water partition coefficient (Wildman–Crippen LogP) is 3.36. The first-order valence-electron chi connectivity index (χ1n) is 10.9. The van der Waals surface area contributed by atoms with Gasteiger partial charge in [0.05, 0.1) is 6.26 Å². The Morgan fingerprint density at radius 2 is 1.97 bits per heavy atom. The van der Waals surface area contributed by atoms with Gasteiger partial charge >= 0.3 is 5.97 Å². The van der Waals surface area contributed by atoms with Crippen molar-refractivity contribution in [2.75, 3.05) is 12.8 Å². The van der Waals surface area contributed by atoms with E-state index < -0.39 is 16.0 Å². The molecule has 2 aromatic rings.